The van der Waals surface area contributed by atoms with E-state index in [2.05, 4.69) is 26.6 Å². The third-order valence-corrected chi connectivity index (χ3v) is 4.98. The Hall–Kier alpha value is -1.14. The fraction of sp³-hybridized carbons (Fsp3) is 0.125. The molecular formula is C16H13BrCl2N2OS. The Morgan fingerprint density at radius 2 is 1.83 bits per heavy atom. The summed E-state index contributed by atoms with van der Waals surface area (Å²) in [5, 5.41) is 6.57. The standard InChI is InChI=1S/C16H13BrCl2N2OS/c1-8-9(2)14(6-5-12(8)17)20-16(23)21-15(22)11-4-3-10(18)7-13(11)19/h3-7H,1-2H3,(H2,20,21,22,23). The van der Waals surface area contributed by atoms with Crippen LogP contribution in [-0.2, 0) is 0 Å². The summed E-state index contributed by atoms with van der Waals surface area (Å²) < 4.78 is 1.02. The number of hydrogen-bond acceptors (Lipinski definition) is 2. The normalized spacial score (nSPS) is 10.3. The zero-order valence-electron chi connectivity index (χ0n) is 12.3. The van der Waals surface area contributed by atoms with Crippen LogP contribution in [0.3, 0.4) is 0 Å². The second-order valence-electron chi connectivity index (χ2n) is 4.88. The molecule has 0 unspecified atom stereocenters. The lowest BCUT2D eigenvalue weighted by Gasteiger charge is -2.14. The fourth-order valence-corrected chi connectivity index (χ4v) is 3.05. The van der Waals surface area contributed by atoms with E-state index in [0.29, 0.717) is 10.6 Å². The molecule has 7 heteroatoms. The smallest absolute Gasteiger partial charge is 0.258 e. The third-order valence-electron chi connectivity index (χ3n) is 3.37. The van der Waals surface area contributed by atoms with Crippen LogP contribution >= 0.6 is 51.3 Å². The van der Waals surface area contributed by atoms with Gasteiger partial charge in [0.05, 0.1) is 10.6 Å². The maximum atomic E-state index is 12.2. The van der Waals surface area contributed by atoms with Gasteiger partial charge in [0.2, 0.25) is 0 Å². The highest BCUT2D eigenvalue weighted by Gasteiger charge is 2.13. The summed E-state index contributed by atoms with van der Waals surface area (Å²) in [4.78, 5) is 12.2. The molecular weight excluding hydrogens is 419 g/mol. The van der Waals surface area contributed by atoms with E-state index >= 15 is 0 Å². The number of rotatable bonds is 2. The molecule has 0 heterocycles. The van der Waals surface area contributed by atoms with Crippen LogP contribution in [0.4, 0.5) is 5.69 Å². The first-order valence-electron chi connectivity index (χ1n) is 6.62. The van der Waals surface area contributed by atoms with Gasteiger partial charge >= 0.3 is 0 Å². The molecule has 0 fully saturated rings. The molecule has 0 bridgehead atoms. The van der Waals surface area contributed by atoms with Crippen LogP contribution in [-0.4, -0.2) is 11.0 Å². The van der Waals surface area contributed by atoms with Crippen LogP contribution in [0, 0.1) is 13.8 Å². The molecule has 0 spiro atoms. The largest absolute Gasteiger partial charge is 0.332 e. The number of anilines is 1. The zero-order chi connectivity index (χ0) is 17.1. The minimum atomic E-state index is -0.393. The predicted octanol–water partition coefficient (Wildman–Crippen LogP) is 5.50. The monoisotopic (exact) mass is 430 g/mol. The molecule has 23 heavy (non-hydrogen) atoms. The van der Waals surface area contributed by atoms with Gasteiger partial charge in [0.1, 0.15) is 0 Å². The Bertz CT molecular complexity index is 796. The Kier molecular flexibility index (Phi) is 6.03. The molecule has 1 amide bonds. The van der Waals surface area contributed by atoms with Crippen LogP contribution in [0.5, 0.6) is 0 Å². The van der Waals surface area contributed by atoms with Crippen molar-refractivity contribution >= 4 is 68.1 Å². The van der Waals surface area contributed by atoms with Crippen molar-refractivity contribution in [1.29, 1.82) is 0 Å². The molecule has 2 aromatic rings. The van der Waals surface area contributed by atoms with Gasteiger partial charge in [-0.15, -0.1) is 0 Å². The van der Waals surface area contributed by atoms with E-state index in [9.17, 15) is 4.79 Å². The number of nitrogens with one attached hydrogen (secondary N) is 2. The summed E-state index contributed by atoms with van der Waals surface area (Å²) in [7, 11) is 0. The van der Waals surface area contributed by atoms with Gasteiger partial charge in [-0.25, -0.2) is 0 Å². The molecule has 0 aromatic heterocycles. The molecule has 0 aliphatic carbocycles. The second-order valence-corrected chi connectivity index (χ2v) is 6.98. The number of halogens is 3. The average Bonchev–Trinajstić information content (AvgIpc) is 2.47. The van der Waals surface area contributed by atoms with Gasteiger partial charge in [-0.05, 0) is 67.5 Å². The highest BCUT2D eigenvalue weighted by molar-refractivity contribution is 9.10. The van der Waals surface area contributed by atoms with Crippen LogP contribution in [0.25, 0.3) is 0 Å². The summed E-state index contributed by atoms with van der Waals surface area (Å²) in [5.41, 5.74) is 3.28. The Labute approximate surface area is 158 Å². The lowest BCUT2D eigenvalue weighted by molar-refractivity contribution is 0.0978. The Morgan fingerprint density at radius 1 is 1.13 bits per heavy atom. The summed E-state index contributed by atoms with van der Waals surface area (Å²) in [6.45, 7) is 3.97. The van der Waals surface area contributed by atoms with Gasteiger partial charge in [-0.1, -0.05) is 39.1 Å². The molecule has 0 saturated carbocycles. The van der Waals surface area contributed by atoms with Crippen LogP contribution in [0.15, 0.2) is 34.8 Å². The number of hydrogen-bond donors (Lipinski definition) is 2. The molecule has 120 valence electrons. The van der Waals surface area contributed by atoms with Gasteiger partial charge in [-0.3, -0.25) is 10.1 Å². The van der Waals surface area contributed by atoms with Crippen molar-refractivity contribution in [2.75, 3.05) is 5.32 Å². The quantitative estimate of drug-likeness (QED) is 0.616. The molecule has 3 nitrogen and oxygen atoms in total. The molecule has 0 aliphatic rings. The van der Waals surface area contributed by atoms with Crippen molar-refractivity contribution < 1.29 is 4.79 Å². The van der Waals surface area contributed by atoms with Crippen LogP contribution < -0.4 is 10.6 Å². The molecule has 0 saturated heterocycles. The molecule has 2 N–H and O–H groups in total. The lowest BCUT2D eigenvalue weighted by atomic mass is 10.1. The van der Waals surface area contributed by atoms with E-state index in [1.54, 1.807) is 12.1 Å². The van der Waals surface area contributed by atoms with Gasteiger partial charge in [0.25, 0.3) is 5.91 Å². The topological polar surface area (TPSA) is 41.1 Å². The molecule has 0 radical (unpaired) electrons. The number of amides is 1. The summed E-state index contributed by atoms with van der Waals surface area (Å²) in [6, 6.07) is 8.47. The van der Waals surface area contributed by atoms with Crippen LogP contribution in [0.2, 0.25) is 10.0 Å². The minimum Gasteiger partial charge on any atom is -0.332 e. The summed E-state index contributed by atoms with van der Waals surface area (Å²) >= 11 is 20.5. The average molecular weight is 432 g/mol. The summed E-state index contributed by atoms with van der Waals surface area (Å²) in [5.74, 6) is -0.393. The van der Waals surface area contributed by atoms with E-state index in [0.717, 1.165) is 21.3 Å². The third kappa shape index (κ3) is 4.44. The molecule has 0 atom stereocenters. The van der Waals surface area contributed by atoms with Gasteiger partial charge in [-0.2, -0.15) is 0 Å². The van der Waals surface area contributed by atoms with Crippen molar-refractivity contribution in [3.8, 4) is 0 Å². The Morgan fingerprint density at radius 3 is 2.48 bits per heavy atom. The zero-order valence-corrected chi connectivity index (χ0v) is 16.3. The van der Waals surface area contributed by atoms with Gasteiger partial charge in [0.15, 0.2) is 5.11 Å². The fourth-order valence-electron chi connectivity index (χ4n) is 1.92. The van der Waals surface area contributed by atoms with E-state index < -0.39 is 5.91 Å². The maximum Gasteiger partial charge on any atom is 0.258 e. The van der Waals surface area contributed by atoms with Crippen molar-refractivity contribution in [2.45, 2.75) is 13.8 Å². The first kappa shape index (κ1) is 18.2. The number of benzene rings is 2. The van der Waals surface area contributed by atoms with E-state index in [-0.39, 0.29) is 10.1 Å². The van der Waals surface area contributed by atoms with Crippen molar-refractivity contribution in [3.63, 3.8) is 0 Å². The second kappa shape index (κ2) is 7.62. The predicted molar refractivity (Wildman–Crippen MR) is 104 cm³/mol. The number of carbonyl (C=O) groups is 1. The maximum absolute atomic E-state index is 12.2. The van der Waals surface area contributed by atoms with E-state index in [1.807, 2.05) is 26.0 Å². The minimum absolute atomic E-state index is 0.200. The van der Waals surface area contributed by atoms with Gasteiger partial charge in [0, 0.05) is 15.2 Å². The number of carbonyl (C=O) groups excluding carboxylic acids is 1. The first-order valence-corrected chi connectivity index (χ1v) is 8.58. The lowest BCUT2D eigenvalue weighted by Crippen LogP contribution is -2.34. The van der Waals surface area contributed by atoms with Crippen molar-refractivity contribution in [2.24, 2.45) is 0 Å². The molecule has 0 aliphatic heterocycles. The van der Waals surface area contributed by atoms with Crippen molar-refractivity contribution in [3.05, 3.63) is 61.5 Å². The highest BCUT2D eigenvalue weighted by Crippen LogP contribution is 2.26. The van der Waals surface area contributed by atoms with Crippen molar-refractivity contribution in [1.82, 2.24) is 5.32 Å². The Balaban J connectivity index is 2.11. The highest BCUT2D eigenvalue weighted by atomic mass is 79.9. The van der Waals surface area contributed by atoms with E-state index in [1.165, 1.54) is 6.07 Å². The molecule has 2 aromatic carbocycles. The summed E-state index contributed by atoms with van der Waals surface area (Å²) in [6.07, 6.45) is 0. The van der Waals surface area contributed by atoms with Gasteiger partial charge < -0.3 is 5.32 Å². The molecule has 2 rings (SSSR count). The van der Waals surface area contributed by atoms with Crippen LogP contribution in [0.1, 0.15) is 21.5 Å². The van der Waals surface area contributed by atoms with E-state index in [4.69, 9.17) is 35.4 Å². The number of thiocarbonyl (C=S) groups is 1. The SMILES string of the molecule is Cc1c(Br)ccc(NC(=S)NC(=O)c2ccc(Cl)cc2Cl)c1C. The first-order chi connectivity index (χ1) is 10.8.